The lowest BCUT2D eigenvalue weighted by Gasteiger charge is -2.33. The summed E-state index contributed by atoms with van der Waals surface area (Å²) in [5.41, 5.74) is 1.12. The SMILES string of the molecule is O=c1[nH]c(N2CCC(Nc3ccccc3F)CC2)nc2ccccc12. The van der Waals surface area contributed by atoms with Crippen molar-refractivity contribution in [3.63, 3.8) is 0 Å². The Bertz CT molecular complexity index is 947. The summed E-state index contributed by atoms with van der Waals surface area (Å²) in [6.07, 6.45) is 1.70. The minimum Gasteiger partial charge on any atom is -0.380 e. The van der Waals surface area contributed by atoms with Crippen LogP contribution in [0.5, 0.6) is 0 Å². The molecule has 1 aliphatic rings. The summed E-state index contributed by atoms with van der Waals surface area (Å²) in [7, 11) is 0. The summed E-state index contributed by atoms with van der Waals surface area (Å²) < 4.78 is 13.8. The van der Waals surface area contributed by atoms with Gasteiger partial charge in [-0.05, 0) is 37.1 Å². The first-order chi connectivity index (χ1) is 12.2. The molecule has 25 heavy (non-hydrogen) atoms. The first-order valence-electron chi connectivity index (χ1n) is 8.46. The molecule has 0 saturated carbocycles. The number of aromatic amines is 1. The first kappa shape index (κ1) is 15.6. The van der Waals surface area contributed by atoms with Crippen molar-refractivity contribution < 1.29 is 4.39 Å². The fourth-order valence-electron chi connectivity index (χ4n) is 3.26. The van der Waals surface area contributed by atoms with Crippen LogP contribution in [0.1, 0.15) is 12.8 Å². The van der Waals surface area contributed by atoms with Gasteiger partial charge in [0.05, 0.1) is 16.6 Å². The fourth-order valence-corrected chi connectivity index (χ4v) is 3.26. The van der Waals surface area contributed by atoms with Crippen LogP contribution in [0.2, 0.25) is 0 Å². The molecule has 1 aliphatic heterocycles. The molecule has 4 rings (SSSR count). The molecule has 0 radical (unpaired) electrons. The van der Waals surface area contributed by atoms with Gasteiger partial charge in [-0.25, -0.2) is 9.37 Å². The van der Waals surface area contributed by atoms with Crippen LogP contribution in [0.3, 0.4) is 0 Å². The van der Waals surface area contributed by atoms with Gasteiger partial charge in [-0.3, -0.25) is 9.78 Å². The number of benzene rings is 2. The second-order valence-corrected chi connectivity index (χ2v) is 6.29. The van der Waals surface area contributed by atoms with Gasteiger partial charge in [-0.1, -0.05) is 24.3 Å². The molecule has 0 spiro atoms. The highest BCUT2D eigenvalue weighted by atomic mass is 19.1. The molecule has 2 heterocycles. The predicted molar refractivity (Wildman–Crippen MR) is 97.6 cm³/mol. The molecule has 0 bridgehead atoms. The van der Waals surface area contributed by atoms with Crippen molar-refractivity contribution in [2.75, 3.05) is 23.3 Å². The van der Waals surface area contributed by atoms with Gasteiger partial charge in [0.2, 0.25) is 5.95 Å². The first-order valence-corrected chi connectivity index (χ1v) is 8.46. The highest BCUT2D eigenvalue weighted by Crippen LogP contribution is 2.21. The zero-order valence-corrected chi connectivity index (χ0v) is 13.7. The fraction of sp³-hybridized carbons (Fsp3) is 0.263. The summed E-state index contributed by atoms with van der Waals surface area (Å²) in [5, 5.41) is 3.87. The molecular formula is C19H19FN4O. The summed E-state index contributed by atoms with van der Waals surface area (Å²) >= 11 is 0. The molecule has 2 N–H and O–H groups in total. The van der Waals surface area contributed by atoms with Gasteiger partial charge >= 0.3 is 0 Å². The Kier molecular flexibility index (Phi) is 4.09. The van der Waals surface area contributed by atoms with Gasteiger partial charge in [-0.15, -0.1) is 0 Å². The van der Waals surface area contributed by atoms with E-state index in [0.29, 0.717) is 22.5 Å². The van der Waals surface area contributed by atoms with E-state index < -0.39 is 0 Å². The van der Waals surface area contributed by atoms with E-state index in [0.717, 1.165) is 25.9 Å². The second kappa shape index (κ2) is 6.55. The number of halogens is 1. The molecule has 1 saturated heterocycles. The van der Waals surface area contributed by atoms with Crippen LogP contribution >= 0.6 is 0 Å². The summed E-state index contributed by atoms with van der Waals surface area (Å²) in [6, 6.07) is 14.3. The van der Waals surface area contributed by atoms with Gasteiger partial charge < -0.3 is 10.2 Å². The van der Waals surface area contributed by atoms with E-state index in [1.807, 2.05) is 24.3 Å². The number of aromatic nitrogens is 2. The molecule has 2 aromatic carbocycles. The van der Waals surface area contributed by atoms with Crippen molar-refractivity contribution in [3.8, 4) is 0 Å². The van der Waals surface area contributed by atoms with Crippen LogP contribution < -0.4 is 15.8 Å². The average molecular weight is 338 g/mol. The number of anilines is 2. The molecular weight excluding hydrogens is 319 g/mol. The molecule has 6 heteroatoms. The van der Waals surface area contributed by atoms with Gasteiger partial charge in [0.15, 0.2) is 0 Å². The smallest absolute Gasteiger partial charge is 0.260 e. The van der Waals surface area contributed by atoms with Crippen molar-refractivity contribution in [3.05, 3.63) is 64.7 Å². The van der Waals surface area contributed by atoms with E-state index in [1.165, 1.54) is 6.07 Å². The Labute approximate surface area is 144 Å². The minimum atomic E-state index is -0.231. The van der Waals surface area contributed by atoms with Crippen molar-refractivity contribution in [1.82, 2.24) is 9.97 Å². The Morgan fingerprint density at radius 2 is 1.80 bits per heavy atom. The monoisotopic (exact) mass is 338 g/mol. The molecule has 128 valence electrons. The molecule has 1 aromatic heterocycles. The van der Waals surface area contributed by atoms with Crippen LogP contribution in [-0.2, 0) is 0 Å². The number of nitrogens with zero attached hydrogens (tertiary/aromatic N) is 2. The summed E-state index contributed by atoms with van der Waals surface area (Å²) in [6.45, 7) is 1.51. The van der Waals surface area contributed by atoms with E-state index in [4.69, 9.17) is 0 Å². The lowest BCUT2D eigenvalue weighted by atomic mass is 10.0. The third-order valence-corrected chi connectivity index (χ3v) is 4.63. The molecule has 0 aliphatic carbocycles. The number of piperidine rings is 1. The van der Waals surface area contributed by atoms with Crippen LogP contribution in [0, 0.1) is 5.82 Å². The largest absolute Gasteiger partial charge is 0.380 e. The lowest BCUT2D eigenvalue weighted by Crippen LogP contribution is -2.40. The number of rotatable bonds is 3. The third-order valence-electron chi connectivity index (χ3n) is 4.63. The van der Waals surface area contributed by atoms with Gasteiger partial charge in [-0.2, -0.15) is 0 Å². The van der Waals surface area contributed by atoms with E-state index in [2.05, 4.69) is 20.2 Å². The van der Waals surface area contributed by atoms with Crippen molar-refractivity contribution in [1.29, 1.82) is 0 Å². The predicted octanol–water partition coefficient (Wildman–Crippen LogP) is 3.14. The normalized spacial score (nSPS) is 15.5. The number of hydrogen-bond acceptors (Lipinski definition) is 4. The molecule has 3 aromatic rings. The Morgan fingerprint density at radius 1 is 1.08 bits per heavy atom. The number of H-pyrrole nitrogens is 1. The highest BCUT2D eigenvalue weighted by molar-refractivity contribution is 5.78. The van der Waals surface area contributed by atoms with E-state index in [-0.39, 0.29) is 17.4 Å². The van der Waals surface area contributed by atoms with Crippen molar-refractivity contribution >= 4 is 22.5 Å². The van der Waals surface area contributed by atoms with E-state index in [9.17, 15) is 9.18 Å². The van der Waals surface area contributed by atoms with Crippen molar-refractivity contribution in [2.24, 2.45) is 0 Å². The van der Waals surface area contributed by atoms with Gasteiger partial charge in [0.1, 0.15) is 5.82 Å². The van der Waals surface area contributed by atoms with Crippen LogP contribution in [0.15, 0.2) is 53.3 Å². The van der Waals surface area contributed by atoms with Crippen molar-refractivity contribution in [2.45, 2.75) is 18.9 Å². The molecule has 5 nitrogen and oxygen atoms in total. The second-order valence-electron chi connectivity index (χ2n) is 6.29. The van der Waals surface area contributed by atoms with Crippen LogP contribution in [-0.4, -0.2) is 29.1 Å². The zero-order valence-electron chi connectivity index (χ0n) is 13.7. The lowest BCUT2D eigenvalue weighted by molar-refractivity contribution is 0.516. The molecule has 0 unspecified atom stereocenters. The maximum atomic E-state index is 13.8. The standard InChI is InChI=1S/C19H19FN4O/c20-15-6-2-4-8-17(15)21-13-9-11-24(12-10-13)19-22-16-7-3-1-5-14(16)18(25)23-19/h1-8,13,21H,9-12H2,(H,22,23,25). The Balaban J connectivity index is 1.47. The molecule has 0 amide bonds. The topological polar surface area (TPSA) is 61.0 Å². The van der Waals surface area contributed by atoms with Gasteiger partial charge in [0, 0.05) is 19.1 Å². The minimum absolute atomic E-state index is 0.118. The average Bonchev–Trinajstić information content (AvgIpc) is 2.64. The number of hydrogen-bond donors (Lipinski definition) is 2. The summed E-state index contributed by atoms with van der Waals surface area (Å²) in [5.74, 6) is 0.374. The number of nitrogens with one attached hydrogen (secondary N) is 2. The Hall–Kier alpha value is -2.89. The van der Waals surface area contributed by atoms with Crippen LogP contribution in [0.4, 0.5) is 16.0 Å². The molecule has 1 fully saturated rings. The zero-order chi connectivity index (χ0) is 17.2. The number of fused-ring (bicyclic) bond motifs is 1. The van der Waals surface area contributed by atoms with E-state index >= 15 is 0 Å². The van der Waals surface area contributed by atoms with Gasteiger partial charge in [0.25, 0.3) is 5.56 Å². The Morgan fingerprint density at radius 3 is 2.60 bits per heavy atom. The van der Waals surface area contributed by atoms with E-state index in [1.54, 1.807) is 18.2 Å². The maximum Gasteiger partial charge on any atom is 0.260 e. The third kappa shape index (κ3) is 3.20. The maximum absolute atomic E-state index is 13.8. The number of para-hydroxylation sites is 2. The molecule has 0 atom stereocenters. The summed E-state index contributed by atoms with van der Waals surface area (Å²) in [4.78, 5) is 21.7. The van der Waals surface area contributed by atoms with Crippen LogP contribution in [0.25, 0.3) is 10.9 Å². The quantitative estimate of drug-likeness (QED) is 0.770. The highest BCUT2D eigenvalue weighted by Gasteiger charge is 2.21.